The minimum Gasteiger partial charge on any atom is -0.505 e. The Morgan fingerprint density at radius 3 is 2.63 bits per heavy atom. The summed E-state index contributed by atoms with van der Waals surface area (Å²) < 4.78 is 14.1. The van der Waals surface area contributed by atoms with E-state index < -0.39 is 0 Å². The molecule has 0 radical (unpaired) electrons. The molecule has 0 aliphatic carbocycles. The van der Waals surface area contributed by atoms with Crippen LogP contribution >= 0.6 is 11.7 Å². The van der Waals surface area contributed by atoms with Crippen LogP contribution in [0, 0.1) is 6.92 Å². The number of hydrogen-bond acceptors (Lipinski definition) is 10. The average molecular weight is 492 g/mol. The standard InChI is InChI=1S/C24H25N7O3S/c1-16-8-9-17(34-16)15-26-22-23(29-35-28-22)27-19-6-4-5-18(21(19)32)24(33)31-13-11-30(12-14-31)20-7-2-3-10-25-20/h2-10,32H,11-15H2,1H3,(H,26,28)(H,27,29). The first-order valence-corrected chi connectivity index (χ1v) is 12.0. The van der Waals surface area contributed by atoms with E-state index in [0.717, 1.165) is 29.1 Å². The number of rotatable bonds is 7. The van der Waals surface area contributed by atoms with E-state index in [1.54, 1.807) is 29.3 Å². The van der Waals surface area contributed by atoms with Crippen LogP contribution in [0.4, 0.5) is 23.1 Å². The summed E-state index contributed by atoms with van der Waals surface area (Å²) in [4.78, 5) is 21.5. The highest BCUT2D eigenvalue weighted by molar-refractivity contribution is 6.99. The number of nitrogens with zero attached hydrogens (tertiary/aromatic N) is 5. The third-order valence-corrected chi connectivity index (χ3v) is 6.30. The second-order valence-electron chi connectivity index (χ2n) is 8.12. The van der Waals surface area contributed by atoms with E-state index in [1.807, 2.05) is 37.3 Å². The highest BCUT2D eigenvalue weighted by atomic mass is 32.1. The van der Waals surface area contributed by atoms with Crippen molar-refractivity contribution in [2.45, 2.75) is 13.5 Å². The predicted molar refractivity (Wildman–Crippen MR) is 134 cm³/mol. The molecule has 1 amide bonds. The second kappa shape index (κ2) is 10.0. The largest absolute Gasteiger partial charge is 0.505 e. The lowest BCUT2D eigenvalue weighted by molar-refractivity contribution is 0.0743. The van der Waals surface area contributed by atoms with E-state index in [-0.39, 0.29) is 17.2 Å². The lowest BCUT2D eigenvalue weighted by Crippen LogP contribution is -2.49. The number of nitrogens with one attached hydrogen (secondary N) is 2. The number of para-hydroxylation sites is 1. The van der Waals surface area contributed by atoms with Crippen LogP contribution in [0.3, 0.4) is 0 Å². The zero-order valence-corrected chi connectivity index (χ0v) is 20.0. The number of carbonyl (C=O) groups is 1. The van der Waals surface area contributed by atoms with Gasteiger partial charge in [0, 0.05) is 32.4 Å². The molecule has 3 aromatic heterocycles. The summed E-state index contributed by atoms with van der Waals surface area (Å²) in [5, 5.41) is 17.2. The van der Waals surface area contributed by atoms with E-state index in [2.05, 4.69) is 29.3 Å². The van der Waals surface area contributed by atoms with E-state index in [9.17, 15) is 9.90 Å². The van der Waals surface area contributed by atoms with Crippen molar-refractivity contribution in [3.63, 3.8) is 0 Å². The minimum absolute atomic E-state index is 0.120. The van der Waals surface area contributed by atoms with E-state index in [4.69, 9.17) is 4.42 Å². The Morgan fingerprint density at radius 2 is 1.89 bits per heavy atom. The lowest BCUT2D eigenvalue weighted by Gasteiger charge is -2.35. The van der Waals surface area contributed by atoms with E-state index >= 15 is 0 Å². The van der Waals surface area contributed by atoms with E-state index in [1.165, 1.54) is 0 Å². The van der Waals surface area contributed by atoms with Gasteiger partial charge in [0.1, 0.15) is 17.3 Å². The number of piperazine rings is 1. The van der Waals surface area contributed by atoms with Gasteiger partial charge in [0.25, 0.3) is 5.91 Å². The maximum absolute atomic E-state index is 13.2. The van der Waals surface area contributed by atoms with Crippen LogP contribution in [0.2, 0.25) is 0 Å². The quantitative estimate of drug-likeness (QED) is 0.331. The Bertz CT molecular complexity index is 1300. The molecule has 3 N–H and O–H groups in total. The Kier molecular flexibility index (Phi) is 6.49. The molecular weight excluding hydrogens is 466 g/mol. The van der Waals surface area contributed by atoms with Gasteiger partial charge < -0.3 is 30.0 Å². The number of hydrogen-bond donors (Lipinski definition) is 3. The number of amides is 1. The molecule has 0 atom stereocenters. The number of aromatic hydroxyl groups is 1. The Labute approximate surface area is 206 Å². The normalized spacial score (nSPS) is 13.6. The lowest BCUT2D eigenvalue weighted by atomic mass is 10.1. The number of phenolic OH excluding ortho intramolecular Hbond substituents is 1. The SMILES string of the molecule is Cc1ccc(CNc2nsnc2Nc2cccc(C(=O)N3CCN(c4ccccn4)CC3)c2O)o1. The summed E-state index contributed by atoms with van der Waals surface area (Å²) in [6, 6.07) is 14.7. The summed E-state index contributed by atoms with van der Waals surface area (Å²) in [5.74, 6) is 3.17. The number of anilines is 4. The smallest absolute Gasteiger partial charge is 0.257 e. The molecule has 5 rings (SSSR count). The van der Waals surface area contributed by atoms with E-state index in [0.29, 0.717) is 50.0 Å². The molecule has 4 aromatic rings. The molecule has 1 fully saturated rings. The van der Waals surface area contributed by atoms with Gasteiger partial charge in [-0.3, -0.25) is 4.79 Å². The summed E-state index contributed by atoms with van der Waals surface area (Å²) >= 11 is 1.04. The van der Waals surface area contributed by atoms with Crippen molar-refractivity contribution in [1.29, 1.82) is 0 Å². The van der Waals surface area contributed by atoms with Crippen LogP contribution in [-0.4, -0.2) is 55.8 Å². The van der Waals surface area contributed by atoms with Crippen molar-refractivity contribution >= 4 is 40.8 Å². The van der Waals surface area contributed by atoms with Gasteiger partial charge in [-0.05, 0) is 43.3 Å². The van der Waals surface area contributed by atoms with Gasteiger partial charge in [-0.15, -0.1) is 0 Å². The first-order chi connectivity index (χ1) is 17.1. The Hall–Kier alpha value is -4.12. The molecule has 1 saturated heterocycles. The zero-order valence-electron chi connectivity index (χ0n) is 19.1. The van der Waals surface area contributed by atoms with Crippen molar-refractivity contribution in [2.75, 3.05) is 41.7 Å². The number of phenols is 1. The van der Waals surface area contributed by atoms with Crippen molar-refractivity contribution in [2.24, 2.45) is 0 Å². The summed E-state index contributed by atoms with van der Waals surface area (Å²) in [6.45, 7) is 4.78. The molecule has 0 bridgehead atoms. The van der Waals surface area contributed by atoms with Gasteiger partial charge in [-0.2, -0.15) is 8.75 Å². The van der Waals surface area contributed by atoms with Crippen molar-refractivity contribution in [3.05, 3.63) is 71.8 Å². The van der Waals surface area contributed by atoms with Crippen LogP contribution in [-0.2, 0) is 6.54 Å². The predicted octanol–water partition coefficient (Wildman–Crippen LogP) is 3.86. The molecule has 35 heavy (non-hydrogen) atoms. The third kappa shape index (κ3) is 5.04. The molecule has 0 unspecified atom stereocenters. The number of carbonyl (C=O) groups excluding carboxylic acids is 1. The molecule has 0 saturated carbocycles. The van der Waals surface area contributed by atoms with Gasteiger partial charge in [0.2, 0.25) is 0 Å². The molecule has 180 valence electrons. The molecule has 4 heterocycles. The highest BCUT2D eigenvalue weighted by Gasteiger charge is 2.25. The average Bonchev–Trinajstić information content (AvgIpc) is 3.52. The van der Waals surface area contributed by atoms with Gasteiger partial charge in [0.15, 0.2) is 17.4 Å². The summed E-state index contributed by atoms with van der Waals surface area (Å²) in [7, 11) is 0. The Morgan fingerprint density at radius 1 is 1.06 bits per heavy atom. The van der Waals surface area contributed by atoms with Crippen LogP contribution < -0.4 is 15.5 Å². The molecular formula is C24H25N7O3S. The zero-order chi connectivity index (χ0) is 24.2. The maximum Gasteiger partial charge on any atom is 0.257 e. The second-order valence-corrected chi connectivity index (χ2v) is 8.65. The number of aryl methyl sites for hydroxylation is 1. The fourth-order valence-electron chi connectivity index (χ4n) is 3.93. The van der Waals surface area contributed by atoms with Crippen LogP contribution in [0.1, 0.15) is 21.9 Å². The number of benzene rings is 1. The monoisotopic (exact) mass is 491 g/mol. The van der Waals surface area contributed by atoms with Crippen molar-refractivity contribution < 1.29 is 14.3 Å². The molecule has 0 spiro atoms. The molecule has 1 aromatic carbocycles. The molecule has 1 aliphatic rings. The molecule has 1 aliphatic heterocycles. The number of pyridine rings is 1. The maximum atomic E-state index is 13.2. The van der Waals surface area contributed by atoms with Gasteiger partial charge in [0.05, 0.1) is 29.5 Å². The van der Waals surface area contributed by atoms with Crippen LogP contribution in [0.25, 0.3) is 0 Å². The van der Waals surface area contributed by atoms with Gasteiger partial charge >= 0.3 is 0 Å². The van der Waals surface area contributed by atoms with Crippen molar-refractivity contribution in [3.8, 4) is 5.75 Å². The number of furan rings is 1. The first-order valence-electron chi connectivity index (χ1n) is 11.2. The van der Waals surface area contributed by atoms with Crippen molar-refractivity contribution in [1.82, 2.24) is 18.6 Å². The highest BCUT2D eigenvalue weighted by Crippen LogP contribution is 2.33. The van der Waals surface area contributed by atoms with Gasteiger partial charge in [-0.25, -0.2) is 4.98 Å². The summed E-state index contributed by atoms with van der Waals surface area (Å²) in [5.41, 5.74) is 0.623. The van der Waals surface area contributed by atoms with Gasteiger partial charge in [-0.1, -0.05) is 12.1 Å². The fourth-order valence-corrected chi connectivity index (χ4v) is 4.42. The van der Waals surface area contributed by atoms with Crippen LogP contribution in [0.5, 0.6) is 5.75 Å². The topological polar surface area (TPSA) is 120 Å². The van der Waals surface area contributed by atoms with Crippen LogP contribution in [0.15, 0.2) is 59.1 Å². The summed E-state index contributed by atoms with van der Waals surface area (Å²) in [6.07, 6.45) is 1.76. The Balaban J connectivity index is 1.25. The fraction of sp³-hybridized carbons (Fsp3) is 0.250. The minimum atomic E-state index is -0.213. The molecule has 10 nitrogen and oxygen atoms in total. The number of aromatic nitrogens is 3. The first kappa shape index (κ1) is 22.7. The molecule has 11 heteroatoms. The third-order valence-electron chi connectivity index (χ3n) is 5.77.